The molecule has 0 aromatic heterocycles. The molecule has 3 N–H and O–H groups in total. The van der Waals surface area contributed by atoms with Crippen LogP contribution in [0, 0.1) is 11.8 Å². The van der Waals surface area contributed by atoms with Crippen LogP contribution in [0.4, 0.5) is 0 Å². The molecule has 0 aliphatic carbocycles. The van der Waals surface area contributed by atoms with Crippen molar-refractivity contribution in [3.63, 3.8) is 0 Å². The number of hydrazine groups is 1. The number of amides is 3. The third-order valence-electron chi connectivity index (χ3n) is 4.78. The molecule has 0 aromatic rings. The molecule has 1 saturated heterocycles. The van der Waals surface area contributed by atoms with Gasteiger partial charge in [0.2, 0.25) is 5.91 Å². The van der Waals surface area contributed by atoms with Gasteiger partial charge in [-0.15, -0.1) is 6.58 Å². The van der Waals surface area contributed by atoms with Crippen molar-refractivity contribution in [1.82, 2.24) is 21.1 Å². The topological polar surface area (TPSA) is 117 Å². The Bertz CT molecular complexity index is 676. The fourth-order valence-electron chi connectivity index (χ4n) is 3.06. The van der Waals surface area contributed by atoms with Gasteiger partial charge >= 0.3 is 5.97 Å². The van der Waals surface area contributed by atoms with Crippen molar-refractivity contribution in [1.29, 1.82) is 0 Å². The third-order valence-corrected chi connectivity index (χ3v) is 4.78. The van der Waals surface area contributed by atoms with Crippen molar-refractivity contribution in [3.8, 4) is 0 Å². The van der Waals surface area contributed by atoms with Gasteiger partial charge in [0.1, 0.15) is 12.1 Å². The molecule has 0 aromatic carbocycles. The lowest BCUT2D eigenvalue weighted by Crippen LogP contribution is -2.61. The van der Waals surface area contributed by atoms with Crippen LogP contribution in [-0.2, 0) is 23.9 Å². The van der Waals surface area contributed by atoms with E-state index in [1.54, 1.807) is 39.8 Å². The van der Waals surface area contributed by atoms with Crippen LogP contribution in [0.15, 0.2) is 24.8 Å². The molecule has 1 aliphatic heterocycles. The van der Waals surface area contributed by atoms with Crippen molar-refractivity contribution in [3.05, 3.63) is 24.8 Å². The normalized spacial score (nSPS) is 19.7. The lowest BCUT2D eigenvalue weighted by atomic mass is 10.0. The van der Waals surface area contributed by atoms with E-state index in [9.17, 15) is 19.2 Å². The number of rotatable bonds is 9. The van der Waals surface area contributed by atoms with E-state index in [0.29, 0.717) is 19.4 Å². The lowest BCUT2D eigenvalue weighted by Gasteiger charge is -2.34. The van der Waals surface area contributed by atoms with Crippen LogP contribution in [0.25, 0.3) is 0 Å². The first-order chi connectivity index (χ1) is 14.2. The molecular formula is C21H34N4O5. The van der Waals surface area contributed by atoms with E-state index in [1.165, 1.54) is 18.1 Å². The van der Waals surface area contributed by atoms with E-state index in [-0.39, 0.29) is 17.7 Å². The standard InChI is InChI=1S/C21H34N4O5/c1-7-10-15(8-2)21(29)30-17(13(3)4)19(27)23-14(5)20(28)25-12-9-11-16(24-25)18(26)22-6/h7-8,10,13-17,24H,2,9,11-12H2,1,3-6H3,(H,22,26)(H,23,27)/b10-7+/t14-,15?,16-,17-/m0/s1. The van der Waals surface area contributed by atoms with Crippen LogP contribution < -0.4 is 16.1 Å². The van der Waals surface area contributed by atoms with Crippen LogP contribution in [0.1, 0.15) is 40.5 Å². The molecular weight excluding hydrogens is 388 g/mol. The van der Waals surface area contributed by atoms with Gasteiger partial charge in [-0.1, -0.05) is 32.1 Å². The second kappa shape index (κ2) is 12.1. The largest absolute Gasteiger partial charge is 0.451 e. The van der Waals surface area contributed by atoms with Gasteiger partial charge in [-0.05, 0) is 32.6 Å². The van der Waals surface area contributed by atoms with Crippen molar-refractivity contribution < 1.29 is 23.9 Å². The molecule has 30 heavy (non-hydrogen) atoms. The van der Waals surface area contributed by atoms with Gasteiger partial charge < -0.3 is 15.4 Å². The van der Waals surface area contributed by atoms with Crippen molar-refractivity contribution >= 4 is 23.7 Å². The van der Waals surface area contributed by atoms with E-state index in [1.807, 2.05) is 0 Å². The SMILES string of the molecule is C=CC(/C=C/C)C(=O)O[C@H](C(=O)N[C@@H](C)C(=O)N1CCC[C@@H](C(=O)NC)N1)C(C)C. The van der Waals surface area contributed by atoms with E-state index in [0.717, 1.165) is 0 Å². The first-order valence-corrected chi connectivity index (χ1v) is 10.2. The molecule has 0 radical (unpaired) electrons. The van der Waals surface area contributed by atoms with Gasteiger partial charge in [0.15, 0.2) is 6.10 Å². The average Bonchev–Trinajstić information content (AvgIpc) is 2.73. The highest BCUT2D eigenvalue weighted by molar-refractivity contribution is 5.91. The monoisotopic (exact) mass is 422 g/mol. The molecule has 168 valence electrons. The maximum absolute atomic E-state index is 12.7. The zero-order valence-corrected chi connectivity index (χ0v) is 18.4. The zero-order chi connectivity index (χ0) is 22.8. The Balaban J connectivity index is 2.76. The Labute approximate surface area is 178 Å². The van der Waals surface area contributed by atoms with Gasteiger partial charge in [0, 0.05) is 13.6 Å². The number of carbonyl (C=O) groups excluding carboxylic acids is 4. The Morgan fingerprint density at radius 1 is 1.23 bits per heavy atom. The molecule has 1 aliphatic rings. The highest BCUT2D eigenvalue weighted by Crippen LogP contribution is 2.13. The Kier molecular flexibility index (Phi) is 10.2. The summed E-state index contributed by atoms with van der Waals surface area (Å²) in [6.45, 7) is 10.9. The van der Waals surface area contributed by atoms with Crippen molar-refractivity contribution in [2.24, 2.45) is 11.8 Å². The number of ether oxygens (including phenoxy) is 1. The minimum absolute atomic E-state index is 0.200. The molecule has 4 atom stereocenters. The predicted octanol–water partition coefficient (Wildman–Crippen LogP) is 0.679. The van der Waals surface area contributed by atoms with Gasteiger partial charge in [0.05, 0.1) is 5.92 Å². The van der Waals surface area contributed by atoms with E-state index in [2.05, 4.69) is 22.6 Å². The number of allylic oxidation sites excluding steroid dienone is 1. The fourth-order valence-corrected chi connectivity index (χ4v) is 3.06. The van der Waals surface area contributed by atoms with E-state index in [4.69, 9.17) is 4.74 Å². The summed E-state index contributed by atoms with van der Waals surface area (Å²) in [7, 11) is 1.54. The van der Waals surface area contributed by atoms with Crippen LogP contribution in [0.5, 0.6) is 0 Å². The fraction of sp³-hybridized carbons (Fsp3) is 0.619. The van der Waals surface area contributed by atoms with Gasteiger partial charge in [-0.2, -0.15) is 0 Å². The summed E-state index contributed by atoms with van der Waals surface area (Å²) in [5, 5.41) is 6.53. The Morgan fingerprint density at radius 3 is 2.43 bits per heavy atom. The number of hydrogen-bond acceptors (Lipinski definition) is 6. The lowest BCUT2D eigenvalue weighted by molar-refractivity contribution is -0.160. The number of likely N-dealkylation sites (N-methyl/N-ethyl adjacent to an activating group) is 1. The molecule has 9 nitrogen and oxygen atoms in total. The summed E-state index contributed by atoms with van der Waals surface area (Å²) in [4.78, 5) is 49.6. The number of hydrogen-bond donors (Lipinski definition) is 3. The number of carbonyl (C=O) groups is 4. The second-order valence-corrected chi connectivity index (χ2v) is 7.55. The first-order valence-electron chi connectivity index (χ1n) is 10.2. The number of esters is 1. The van der Waals surface area contributed by atoms with Crippen LogP contribution >= 0.6 is 0 Å². The Hall–Kier alpha value is -2.68. The summed E-state index contributed by atoms with van der Waals surface area (Å²) < 4.78 is 5.40. The predicted molar refractivity (Wildman–Crippen MR) is 113 cm³/mol. The molecule has 0 saturated carbocycles. The highest BCUT2D eigenvalue weighted by Gasteiger charge is 2.33. The number of nitrogens with one attached hydrogen (secondary N) is 3. The van der Waals surface area contributed by atoms with Crippen LogP contribution in [0.3, 0.4) is 0 Å². The summed E-state index contributed by atoms with van der Waals surface area (Å²) in [5.74, 6) is -2.65. The van der Waals surface area contributed by atoms with E-state index >= 15 is 0 Å². The molecule has 1 unspecified atom stereocenters. The maximum atomic E-state index is 12.7. The molecule has 1 fully saturated rings. The first kappa shape index (κ1) is 25.4. The zero-order valence-electron chi connectivity index (χ0n) is 18.4. The summed E-state index contributed by atoms with van der Waals surface area (Å²) in [6.07, 6.45) is 5.00. The minimum atomic E-state index is -1.05. The third kappa shape index (κ3) is 6.98. The van der Waals surface area contributed by atoms with E-state index < -0.39 is 36.0 Å². The minimum Gasteiger partial charge on any atom is -0.451 e. The number of nitrogens with zero attached hydrogens (tertiary/aromatic N) is 1. The van der Waals surface area contributed by atoms with Gasteiger partial charge in [-0.25, -0.2) is 5.43 Å². The molecule has 3 amide bonds. The summed E-state index contributed by atoms with van der Waals surface area (Å²) >= 11 is 0. The van der Waals surface area contributed by atoms with Crippen molar-refractivity contribution in [2.75, 3.05) is 13.6 Å². The molecule has 9 heteroatoms. The average molecular weight is 423 g/mol. The quantitative estimate of drug-likeness (QED) is 0.372. The summed E-state index contributed by atoms with van der Waals surface area (Å²) in [6, 6.07) is -1.36. The Morgan fingerprint density at radius 2 is 1.90 bits per heavy atom. The van der Waals surface area contributed by atoms with Crippen LogP contribution in [0.2, 0.25) is 0 Å². The van der Waals surface area contributed by atoms with Crippen LogP contribution in [-0.4, -0.2) is 60.5 Å². The molecule has 0 bridgehead atoms. The van der Waals surface area contributed by atoms with Gasteiger partial charge in [0.25, 0.3) is 11.8 Å². The maximum Gasteiger partial charge on any atom is 0.317 e. The van der Waals surface area contributed by atoms with Gasteiger partial charge in [-0.3, -0.25) is 24.2 Å². The summed E-state index contributed by atoms with van der Waals surface area (Å²) in [5.41, 5.74) is 2.90. The highest BCUT2D eigenvalue weighted by atomic mass is 16.5. The van der Waals surface area contributed by atoms with Crippen molar-refractivity contribution in [2.45, 2.75) is 58.7 Å². The molecule has 0 spiro atoms. The second-order valence-electron chi connectivity index (χ2n) is 7.55. The molecule has 1 heterocycles. The smallest absolute Gasteiger partial charge is 0.317 e. The molecule has 1 rings (SSSR count).